The van der Waals surface area contributed by atoms with Gasteiger partial charge in [-0.05, 0) is 41.8 Å². The summed E-state index contributed by atoms with van der Waals surface area (Å²) in [7, 11) is 0. The molecule has 0 amide bonds. The lowest BCUT2D eigenvalue weighted by Crippen LogP contribution is -2.26. The van der Waals surface area contributed by atoms with Crippen LogP contribution in [0.4, 0.5) is 13.2 Å². The van der Waals surface area contributed by atoms with Crippen LogP contribution in [-0.4, -0.2) is 11.7 Å². The normalized spacial score (nSPS) is 14.4. The fourth-order valence-electron chi connectivity index (χ4n) is 2.49. The number of hydrogen-bond donors (Lipinski definition) is 2. The number of aliphatic hydroxyl groups excluding tert-OH is 1. The van der Waals surface area contributed by atoms with Gasteiger partial charge in [-0.3, -0.25) is 0 Å². The first kappa shape index (κ1) is 18.8. The molecule has 2 unspecified atom stereocenters. The van der Waals surface area contributed by atoms with Crippen molar-refractivity contribution in [1.29, 1.82) is 0 Å². The molecule has 0 aliphatic heterocycles. The van der Waals surface area contributed by atoms with E-state index in [1.165, 1.54) is 12.1 Å². The summed E-state index contributed by atoms with van der Waals surface area (Å²) >= 11 is 5.87. The second kappa shape index (κ2) is 8.01. The van der Waals surface area contributed by atoms with Crippen LogP contribution in [0.1, 0.15) is 42.2 Å². The summed E-state index contributed by atoms with van der Waals surface area (Å²) in [6.45, 7) is 2.14. The smallest absolute Gasteiger partial charge is 0.387 e. The molecule has 0 aliphatic rings. The summed E-state index contributed by atoms with van der Waals surface area (Å²) in [5.41, 5.74) is 0.491. The number of nitrogens with one attached hydrogen (secondary N) is 1. The molecule has 2 aromatic carbocycles. The highest BCUT2D eigenvalue weighted by Gasteiger charge is 2.30. The molecule has 2 nitrogen and oxygen atoms in total. The van der Waals surface area contributed by atoms with E-state index in [0.29, 0.717) is 5.02 Å². The Morgan fingerprint density at radius 1 is 1.08 bits per heavy atom. The fourth-order valence-corrected chi connectivity index (χ4v) is 2.61. The van der Waals surface area contributed by atoms with E-state index in [-0.39, 0.29) is 18.2 Å². The topological polar surface area (TPSA) is 32.3 Å². The lowest BCUT2D eigenvalue weighted by molar-refractivity contribution is -0.137. The molecule has 0 fully saturated rings. The molecule has 2 atom stereocenters. The standard InChI is InChI=1S/C18H19ClF3NO/c1-2-16(12-6-8-15(19)9-7-12)23-11-17(24)13-4-3-5-14(10-13)18(20,21)22/h3-10,16-17,23-24H,2,11H2,1H3. The van der Waals surface area contributed by atoms with Gasteiger partial charge >= 0.3 is 6.18 Å². The van der Waals surface area contributed by atoms with Gasteiger partial charge in [-0.2, -0.15) is 13.2 Å². The van der Waals surface area contributed by atoms with Gasteiger partial charge < -0.3 is 10.4 Å². The van der Waals surface area contributed by atoms with Gasteiger partial charge in [0.15, 0.2) is 0 Å². The second-order valence-electron chi connectivity index (χ2n) is 5.56. The van der Waals surface area contributed by atoms with Crippen LogP contribution in [0.2, 0.25) is 5.02 Å². The third-order valence-corrected chi connectivity index (χ3v) is 4.09. The van der Waals surface area contributed by atoms with Crippen molar-refractivity contribution in [3.63, 3.8) is 0 Å². The molecule has 0 aromatic heterocycles. The van der Waals surface area contributed by atoms with E-state index in [9.17, 15) is 18.3 Å². The Morgan fingerprint density at radius 3 is 2.33 bits per heavy atom. The number of rotatable bonds is 6. The van der Waals surface area contributed by atoms with E-state index >= 15 is 0 Å². The predicted octanol–water partition coefficient (Wildman–Crippen LogP) is 5.13. The summed E-state index contributed by atoms with van der Waals surface area (Å²) in [4.78, 5) is 0. The molecular formula is C18H19ClF3NO. The maximum absolute atomic E-state index is 12.7. The van der Waals surface area contributed by atoms with Crippen molar-refractivity contribution in [3.05, 3.63) is 70.2 Å². The minimum atomic E-state index is -4.42. The van der Waals surface area contributed by atoms with Crippen molar-refractivity contribution < 1.29 is 18.3 Å². The van der Waals surface area contributed by atoms with E-state index in [1.807, 2.05) is 19.1 Å². The van der Waals surface area contributed by atoms with Crippen LogP contribution >= 0.6 is 11.6 Å². The minimum Gasteiger partial charge on any atom is -0.387 e. The van der Waals surface area contributed by atoms with E-state index in [4.69, 9.17) is 11.6 Å². The molecule has 0 saturated heterocycles. The third kappa shape index (κ3) is 4.97. The zero-order chi connectivity index (χ0) is 17.7. The summed E-state index contributed by atoms with van der Waals surface area (Å²) in [6, 6.07) is 12.1. The van der Waals surface area contributed by atoms with Gasteiger partial charge in [-0.1, -0.05) is 42.8 Å². The Hall–Kier alpha value is -1.56. The Bertz CT molecular complexity index is 658. The second-order valence-corrected chi connectivity index (χ2v) is 6.00. The molecule has 0 bridgehead atoms. The van der Waals surface area contributed by atoms with Crippen LogP contribution < -0.4 is 5.32 Å². The van der Waals surface area contributed by atoms with Gasteiger partial charge in [0.05, 0.1) is 11.7 Å². The summed E-state index contributed by atoms with van der Waals surface area (Å²) in [5, 5.41) is 14.0. The molecule has 2 N–H and O–H groups in total. The number of aliphatic hydroxyl groups is 1. The molecule has 2 aromatic rings. The zero-order valence-corrected chi connectivity index (χ0v) is 13.9. The average molecular weight is 358 g/mol. The molecule has 0 saturated carbocycles. The highest BCUT2D eigenvalue weighted by molar-refractivity contribution is 6.30. The van der Waals surface area contributed by atoms with Crippen LogP contribution in [0.5, 0.6) is 0 Å². The molecule has 0 heterocycles. The van der Waals surface area contributed by atoms with E-state index in [0.717, 1.165) is 24.1 Å². The minimum absolute atomic E-state index is 0.0114. The largest absolute Gasteiger partial charge is 0.416 e. The molecule has 24 heavy (non-hydrogen) atoms. The maximum atomic E-state index is 12.7. The van der Waals surface area contributed by atoms with E-state index < -0.39 is 17.8 Å². The number of alkyl halides is 3. The van der Waals surface area contributed by atoms with Gasteiger partial charge in [0, 0.05) is 17.6 Å². The number of hydrogen-bond acceptors (Lipinski definition) is 2. The van der Waals surface area contributed by atoms with Crippen LogP contribution in [-0.2, 0) is 6.18 Å². The van der Waals surface area contributed by atoms with Crippen molar-refractivity contribution >= 4 is 11.6 Å². The van der Waals surface area contributed by atoms with Gasteiger partial charge in [0.1, 0.15) is 0 Å². The van der Waals surface area contributed by atoms with Crippen LogP contribution in [0.25, 0.3) is 0 Å². The molecule has 0 spiro atoms. The molecule has 130 valence electrons. The first-order valence-electron chi connectivity index (χ1n) is 7.65. The average Bonchev–Trinajstić information content (AvgIpc) is 2.56. The van der Waals surface area contributed by atoms with Crippen molar-refractivity contribution in [2.24, 2.45) is 0 Å². The fraction of sp³-hybridized carbons (Fsp3) is 0.333. The summed E-state index contributed by atoms with van der Waals surface area (Å²) < 4.78 is 38.2. The lowest BCUT2D eigenvalue weighted by atomic mass is 10.0. The van der Waals surface area contributed by atoms with Crippen LogP contribution in [0.3, 0.4) is 0 Å². The Labute approximate surface area is 144 Å². The van der Waals surface area contributed by atoms with Crippen molar-refractivity contribution in [1.82, 2.24) is 5.32 Å². The van der Waals surface area contributed by atoms with Crippen molar-refractivity contribution in [3.8, 4) is 0 Å². The summed E-state index contributed by atoms with van der Waals surface area (Å²) in [5.74, 6) is 0. The molecule has 2 rings (SSSR count). The van der Waals surface area contributed by atoms with Gasteiger partial charge in [0.2, 0.25) is 0 Å². The highest BCUT2D eigenvalue weighted by atomic mass is 35.5. The third-order valence-electron chi connectivity index (χ3n) is 3.84. The van der Waals surface area contributed by atoms with Crippen LogP contribution in [0, 0.1) is 0 Å². The SMILES string of the molecule is CCC(NCC(O)c1cccc(C(F)(F)F)c1)c1ccc(Cl)cc1. The molecule has 0 aliphatic carbocycles. The zero-order valence-electron chi connectivity index (χ0n) is 13.1. The Morgan fingerprint density at radius 2 is 1.75 bits per heavy atom. The first-order valence-corrected chi connectivity index (χ1v) is 8.03. The van der Waals surface area contributed by atoms with E-state index in [1.54, 1.807) is 12.1 Å². The van der Waals surface area contributed by atoms with Gasteiger partial charge in [-0.15, -0.1) is 0 Å². The molecular weight excluding hydrogens is 339 g/mol. The van der Waals surface area contributed by atoms with E-state index in [2.05, 4.69) is 5.32 Å². The first-order chi connectivity index (χ1) is 11.3. The lowest BCUT2D eigenvalue weighted by Gasteiger charge is -2.21. The van der Waals surface area contributed by atoms with Gasteiger partial charge in [-0.25, -0.2) is 0 Å². The van der Waals surface area contributed by atoms with Crippen molar-refractivity contribution in [2.45, 2.75) is 31.7 Å². The van der Waals surface area contributed by atoms with Crippen LogP contribution in [0.15, 0.2) is 48.5 Å². The Balaban J connectivity index is 2.03. The predicted molar refractivity (Wildman–Crippen MR) is 88.9 cm³/mol. The van der Waals surface area contributed by atoms with Crippen molar-refractivity contribution in [2.75, 3.05) is 6.54 Å². The quantitative estimate of drug-likeness (QED) is 0.750. The Kier molecular flexibility index (Phi) is 6.27. The highest BCUT2D eigenvalue weighted by Crippen LogP contribution is 2.30. The monoisotopic (exact) mass is 357 g/mol. The number of halogens is 4. The van der Waals surface area contributed by atoms with Gasteiger partial charge in [0.25, 0.3) is 0 Å². The molecule has 0 radical (unpaired) electrons. The molecule has 6 heteroatoms. The maximum Gasteiger partial charge on any atom is 0.416 e. The summed E-state index contributed by atoms with van der Waals surface area (Å²) in [6.07, 6.45) is -4.66. The number of benzene rings is 2.